The van der Waals surface area contributed by atoms with Crippen molar-refractivity contribution in [3.63, 3.8) is 0 Å². The number of hydrogen-bond donors (Lipinski definition) is 4. The van der Waals surface area contributed by atoms with Gasteiger partial charge in [-0.25, -0.2) is 26.6 Å². The number of rotatable bonds is 9. The van der Waals surface area contributed by atoms with Crippen LogP contribution in [0, 0.1) is 0 Å². The Bertz CT molecular complexity index is 2210. The van der Waals surface area contributed by atoms with E-state index in [9.17, 15) is 26.4 Å². The summed E-state index contributed by atoms with van der Waals surface area (Å²) in [6.07, 6.45) is 1.62. The number of carbonyl (C=O) groups is 2. The first-order valence-corrected chi connectivity index (χ1v) is 18.0. The van der Waals surface area contributed by atoms with Gasteiger partial charge in [0, 0.05) is 11.6 Å². The van der Waals surface area contributed by atoms with E-state index >= 15 is 0 Å². The second kappa shape index (κ2) is 13.9. The quantitative estimate of drug-likeness (QED) is 0.131. The lowest BCUT2D eigenvalue weighted by Gasteiger charge is -2.10. The van der Waals surface area contributed by atoms with Crippen LogP contribution < -0.4 is 14.8 Å². The second-order valence-corrected chi connectivity index (χ2v) is 14.5. The number of nitrogens with zero attached hydrogens (tertiary/aromatic N) is 1. The highest BCUT2D eigenvalue weighted by molar-refractivity contribution is 7.93. The van der Waals surface area contributed by atoms with Crippen molar-refractivity contribution in [1.29, 1.82) is 0 Å². The SMILES string of the molecule is O=C(Nc1nccc2ccccc12)c1sccc1NS(=O)(=O)c1ccccc1.O=C(O)c1sccc1NS(=O)(=O)c1ccccc1. The van der Waals surface area contributed by atoms with Gasteiger partial charge in [-0.2, -0.15) is 0 Å². The Labute approximate surface area is 272 Å². The first-order valence-electron chi connectivity index (χ1n) is 13.2. The third-order valence-electron chi connectivity index (χ3n) is 6.23. The Morgan fingerprint density at radius 1 is 0.630 bits per heavy atom. The van der Waals surface area contributed by atoms with Crippen LogP contribution in [0.15, 0.2) is 130 Å². The zero-order chi connectivity index (χ0) is 32.7. The molecule has 0 fully saturated rings. The minimum Gasteiger partial charge on any atom is -0.477 e. The van der Waals surface area contributed by atoms with Crippen molar-refractivity contribution in [3.8, 4) is 0 Å². The lowest BCUT2D eigenvalue weighted by Crippen LogP contribution is -2.17. The molecule has 0 aliphatic carbocycles. The van der Waals surface area contributed by atoms with E-state index in [4.69, 9.17) is 5.11 Å². The maximum absolute atomic E-state index is 12.8. The smallest absolute Gasteiger partial charge is 0.348 e. The average Bonchev–Trinajstić information content (AvgIpc) is 3.72. The normalized spacial score (nSPS) is 11.2. The van der Waals surface area contributed by atoms with Crippen molar-refractivity contribution in [2.75, 3.05) is 14.8 Å². The molecule has 15 heteroatoms. The molecule has 1 amide bonds. The average molecular weight is 693 g/mol. The van der Waals surface area contributed by atoms with E-state index in [1.165, 1.54) is 35.7 Å². The Morgan fingerprint density at radius 2 is 1.13 bits per heavy atom. The summed E-state index contributed by atoms with van der Waals surface area (Å²) < 4.78 is 53.8. The number of nitrogens with one attached hydrogen (secondary N) is 3. The van der Waals surface area contributed by atoms with Crippen molar-refractivity contribution >= 4 is 82.6 Å². The number of pyridine rings is 1. The van der Waals surface area contributed by atoms with Crippen LogP contribution in [-0.2, 0) is 20.0 Å². The monoisotopic (exact) mass is 692 g/mol. The fourth-order valence-corrected chi connectivity index (χ4v) is 7.86. The summed E-state index contributed by atoms with van der Waals surface area (Å²) in [6.45, 7) is 0. The van der Waals surface area contributed by atoms with Gasteiger partial charge >= 0.3 is 5.97 Å². The highest BCUT2D eigenvalue weighted by atomic mass is 32.2. The molecule has 0 saturated heterocycles. The molecule has 0 spiro atoms. The van der Waals surface area contributed by atoms with Crippen LogP contribution in [0.1, 0.15) is 19.3 Å². The molecule has 4 N–H and O–H groups in total. The molecular formula is C31H24N4O7S4. The van der Waals surface area contributed by atoms with Crippen LogP contribution in [0.5, 0.6) is 0 Å². The first kappa shape index (κ1) is 32.3. The van der Waals surface area contributed by atoms with Crippen molar-refractivity contribution in [3.05, 3.63) is 130 Å². The summed E-state index contributed by atoms with van der Waals surface area (Å²) in [6, 6.07) is 28.2. The molecule has 3 heterocycles. The maximum atomic E-state index is 12.8. The summed E-state index contributed by atoms with van der Waals surface area (Å²) in [5.74, 6) is -1.16. The Kier molecular flexibility index (Phi) is 9.77. The van der Waals surface area contributed by atoms with Gasteiger partial charge in [-0.05, 0) is 58.6 Å². The predicted octanol–water partition coefficient (Wildman–Crippen LogP) is 6.60. The number of carbonyl (C=O) groups excluding carboxylic acids is 1. The largest absolute Gasteiger partial charge is 0.477 e. The minimum atomic E-state index is -3.79. The lowest BCUT2D eigenvalue weighted by molar-refractivity contribution is 0.0703. The number of sulfonamides is 2. The van der Waals surface area contributed by atoms with Gasteiger partial charge in [-0.1, -0.05) is 60.7 Å². The predicted molar refractivity (Wildman–Crippen MR) is 180 cm³/mol. The molecule has 46 heavy (non-hydrogen) atoms. The van der Waals surface area contributed by atoms with E-state index in [1.807, 2.05) is 30.3 Å². The summed E-state index contributed by atoms with van der Waals surface area (Å²) in [7, 11) is -7.53. The van der Waals surface area contributed by atoms with Crippen LogP contribution in [0.3, 0.4) is 0 Å². The third kappa shape index (κ3) is 7.58. The molecule has 11 nitrogen and oxygen atoms in total. The topological polar surface area (TPSA) is 172 Å². The number of amides is 1. The van der Waals surface area contributed by atoms with E-state index in [2.05, 4.69) is 19.7 Å². The summed E-state index contributed by atoms with van der Waals surface area (Å²) >= 11 is 2.12. The van der Waals surface area contributed by atoms with Gasteiger partial charge in [-0.3, -0.25) is 14.2 Å². The van der Waals surface area contributed by atoms with Crippen molar-refractivity contribution in [1.82, 2.24) is 4.98 Å². The summed E-state index contributed by atoms with van der Waals surface area (Å²) in [5.41, 5.74) is 0.308. The standard InChI is InChI=1S/C20H15N3O3S2.C11H9NO4S2/c24-20(22-19-16-9-5-4-6-14(16)10-12-21-19)18-17(11-13-27-18)23-28(25,26)15-7-2-1-3-8-15;13-11(14)10-9(6-7-17-10)12-18(15,16)8-4-2-1-3-5-8/h1-13,23H,(H,21,22,24);1-7,12H,(H,13,14). The van der Waals surface area contributed by atoms with E-state index in [0.717, 1.165) is 33.4 Å². The molecule has 0 unspecified atom stereocenters. The van der Waals surface area contributed by atoms with E-state index in [-0.39, 0.29) is 30.9 Å². The van der Waals surface area contributed by atoms with Crippen molar-refractivity contribution in [2.24, 2.45) is 0 Å². The summed E-state index contributed by atoms with van der Waals surface area (Å²) in [5, 5.41) is 16.6. The van der Waals surface area contributed by atoms with Crippen molar-refractivity contribution < 1.29 is 31.5 Å². The number of carboxylic acid groups (broad SMARTS) is 1. The van der Waals surface area contributed by atoms with Crippen molar-refractivity contribution in [2.45, 2.75) is 9.79 Å². The van der Waals surface area contributed by atoms with Gasteiger partial charge in [0.1, 0.15) is 15.6 Å². The summed E-state index contributed by atoms with van der Waals surface area (Å²) in [4.78, 5) is 28.4. The molecule has 0 radical (unpaired) electrons. The molecule has 6 rings (SSSR count). The zero-order valence-corrected chi connectivity index (χ0v) is 26.8. The number of aromatic carboxylic acids is 1. The molecule has 3 aromatic carbocycles. The van der Waals surface area contributed by atoms with E-state index in [0.29, 0.717) is 5.82 Å². The molecule has 0 bridgehead atoms. The molecule has 0 saturated carbocycles. The third-order valence-corrected chi connectivity index (χ3v) is 10.8. The zero-order valence-electron chi connectivity index (χ0n) is 23.5. The number of carboxylic acids is 1. The van der Waals surface area contributed by atoms with Gasteiger partial charge in [0.25, 0.3) is 26.0 Å². The van der Waals surface area contributed by atoms with Crippen LogP contribution in [-0.4, -0.2) is 38.8 Å². The highest BCUT2D eigenvalue weighted by Crippen LogP contribution is 2.28. The molecule has 0 aliphatic heterocycles. The Morgan fingerprint density at radius 3 is 1.70 bits per heavy atom. The Balaban J connectivity index is 0.000000200. The van der Waals surface area contributed by atoms with Gasteiger partial charge in [0.15, 0.2) is 0 Å². The second-order valence-electron chi connectivity index (χ2n) is 9.30. The van der Waals surface area contributed by atoms with Gasteiger partial charge in [0.05, 0.1) is 21.2 Å². The van der Waals surface area contributed by atoms with Crippen LogP contribution in [0.4, 0.5) is 17.2 Å². The van der Waals surface area contributed by atoms with Gasteiger partial charge in [-0.15, -0.1) is 22.7 Å². The Hall–Kier alpha value is -5.09. The number of benzene rings is 3. The van der Waals surface area contributed by atoms with Crippen LogP contribution in [0.2, 0.25) is 0 Å². The fourth-order valence-electron chi connectivity index (χ4n) is 4.11. The van der Waals surface area contributed by atoms with Crippen LogP contribution in [0.25, 0.3) is 10.8 Å². The number of hydrogen-bond acceptors (Lipinski definition) is 9. The lowest BCUT2D eigenvalue weighted by atomic mass is 10.1. The molecule has 0 atom stereocenters. The minimum absolute atomic E-state index is 0.0329. The van der Waals surface area contributed by atoms with E-state index in [1.54, 1.807) is 54.0 Å². The molecule has 234 valence electrons. The van der Waals surface area contributed by atoms with Crippen LogP contribution >= 0.6 is 22.7 Å². The molecular weight excluding hydrogens is 669 g/mol. The maximum Gasteiger partial charge on any atom is 0.348 e. The number of fused-ring (bicyclic) bond motifs is 1. The number of aromatic nitrogens is 1. The molecule has 3 aromatic heterocycles. The molecule has 0 aliphatic rings. The number of thiophene rings is 2. The van der Waals surface area contributed by atoms with Gasteiger partial charge in [0.2, 0.25) is 0 Å². The number of anilines is 3. The first-order chi connectivity index (χ1) is 22.0. The molecule has 6 aromatic rings. The van der Waals surface area contributed by atoms with E-state index < -0.39 is 31.9 Å². The highest BCUT2D eigenvalue weighted by Gasteiger charge is 2.21. The van der Waals surface area contributed by atoms with Gasteiger partial charge < -0.3 is 10.4 Å². The fraction of sp³-hybridized carbons (Fsp3) is 0.